The molecule has 0 aliphatic heterocycles. The van der Waals surface area contributed by atoms with Crippen LogP contribution in [0.25, 0.3) is 0 Å². The first-order chi connectivity index (χ1) is 10.1. The zero-order chi connectivity index (χ0) is 15.4. The molecular weight excluding hydrogens is 350 g/mol. The fourth-order valence-electron chi connectivity index (χ4n) is 2.12. The molecule has 0 aliphatic carbocycles. The van der Waals surface area contributed by atoms with Gasteiger partial charge >= 0.3 is 0 Å². The topological polar surface area (TPSA) is 61.0 Å². The minimum Gasteiger partial charge on any atom is -0.437 e. The SMILES string of the molecule is CCc1nnc(Oc2cccc(Br)c2)c(C(N)=S)c1CC. The van der Waals surface area contributed by atoms with Crippen molar-refractivity contribution in [3.05, 3.63) is 45.6 Å². The van der Waals surface area contributed by atoms with Crippen LogP contribution in [-0.4, -0.2) is 15.2 Å². The molecule has 0 radical (unpaired) electrons. The molecule has 2 aromatic rings. The Balaban J connectivity index is 2.50. The first-order valence-electron chi connectivity index (χ1n) is 6.68. The Morgan fingerprint density at radius 3 is 2.62 bits per heavy atom. The number of aromatic nitrogens is 2. The van der Waals surface area contributed by atoms with Gasteiger partial charge in [0.05, 0.1) is 11.3 Å². The molecule has 1 aromatic carbocycles. The lowest BCUT2D eigenvalue weighted by Crippen LogP contribution is -2.17. The minimum absolute atomic E-state index is 0.279. The molecular formula is C15H16BrN3OS. The highest BCUT2D eigenvalue weighted by Gasteiger charge is 2.18. The zero-order valence-corrected chi connectivity index (χ0v) is 14.3. The van der Waals surface area contributed by atoms with Gasteiger partial charge in [0.15, 0.2) is 0 Å². The molecule has 0 bridgehead atoms. The van der Waals surface area contributed by atoms with E-state index >= 15 is 0 Å². The molecule has 6 heteroatoms. The number of nitrogens with zero attached hydrogens (tertiary/aromatic N) is 2. The molecule has 2 N–H and O–H groups in total. The van der Waals surface area contributed by atoms with Crippen LogP contribution in [0.5, 0.6) is 11.6 Å². The van der Waals surface area contributed by atoms with Gasteiger partial charge in [0.2, 0.25) is 5.88 Å². The van der Waals surface area contributed by atoms with E-state index in [-0.39, 0.29) is 4.99 Å². The molecule has 0 amide bonds. The summed E-state index contributed by atoms with van der Waals surface area (Å²) in [5.41, 5.74) is 8.46. The van der Waals surface area contributed by atoms with Crippen molar-refractivity contribution in [2.45, 2.75) is 26.7 Å². The molecule has 4 nitrogen and oxygen atoms in total. The fourth-order valence-corrected chi connectivity index (χ4v) is 2.71. The second-order valence-corrected chi connectivity index (χ2v) is 5.79. The van der Waals surface area contributed by atoms with Crippen molar-refractivity contribution in [3.63, 3.8) is 0 Å². The lowest BCUT2D eigenvalue weighted by molar-refractivity contribution is 0.451. The summed E-state index contributed by atoms with van der Waals surface area (Å²) in [7, 11) is 0. The van der Waals surface area contributed by atoms with Gasteiger partial charge in [-0.05, 0) is 36.6 Å². The number of benzene rings is 1. The number of hydrogen-bond acceptors (Lipinski definition) is 4. The third kappa shape index (κ3) is 3.57. The van der Waals surface area contributed by atoms with Crippen molar-refractivity contribution in [2.24, 2.45) is 5.73 Å². The van der Waals surface area contributed by atoms with Crippen molar-refractivity contribution in [1.29, 1.82) is 0 Å². The maximum atomic E-state index is 5.87. The standard InChI is InChI=1S/C15H16BrN3OS/c1-3-11-12(4-2)18-19-15(13(11)14(17)21)20-10-7-5-6-9(16)8-10/h5-8H,3-4H2,1-2H3,(H2,17,21). The maximum Gasteiger partial charge on any atom is 0.249 e. The van der Waals surface area contributed by atoms with E-state index in [1.807, 2.05) is 38.1 Å². The largest absolute Gasteiger partial charge is 0.437 e. The second-order valence-electron chi connectivity index (χ2n) is 4.44. The van der Waals surface area contributed by atoms with Gasteiger partial charge < -0.3 is 10.5 Å². The van der Waals surface area contributed by atoms with Gasteiger partial charge in [-0.3, -0.25) is 0 Å². The van der Waals surface area contributed by atoms with Gasteiger partial charge in [-0.15, -0.1) is 5.10 Å². The van der Waals surface area contributed by atoms with Crippen molar-refractivity contribution in [3.8, 4) is 11.6 Å². The Morgan fingerprint density at radius 2 is 2.05 bits per heavy atom. The van der Waals surface area contributed by atoms with Crippen LogP contribution in [-0.2, 0) is 12.8 Å². The molecule has 0 aliphatic rings. The average molecular weight is 366 g/mol. The molecule has 1 aromatic heterocycles. The van der Waals surface area contributed by atoms with Gasteiger partial charge in [0.1, 0.15) is 10.7 Å². The summed E-state index contributed by atoms with van der Waals surface area (Å²) in [6.45, 7) is 4.07. The van der Waals surface area contributed by atoms with E-state index in [2.05, 4.69) is 26.1 Å². The molecule has 1 heterocycles. The highest BCUT2D eigenvalue weighted by Crippen LogP contribution is 2.28. The predicted octanol–water partition coefficient (Wildman–Crippen LogP) is 3.79. The molecule has 0 spiro atoms. The van der Waals surface area contributed by atoms with Gasteiger partial charge in [0.25, 0.3) is 0 Å². The first kappa shape index (κ1) is 15.9. The number of aryl methyl sites for hydroxylation is 1. The summed E-state index contributed by atoms with van der Waals surface area (Å²) in [6, 6.07) is 7.50. The van der Waals surface area contributed by atoms with E-state index in [0.29, 0.717) is 17.2 Å². The van der Waals surface area contributed by atoms with Crippen molar-refractivity contribution in [1.82, 2.24) is 10.2 Å². The second kappa shape index (κ2) is 6.95. The lowest BCUT2D eigenvalue weighted by Gasteiger charge is -2.14. The van der Waals surface area contributed by atoms with Gasteiger partial charge in [-0.1, -0.05) is 48.1 Å². The summed E-state index contributed by atoms with van der Waals surface area (Å²) in [4.78, 5) is 0.279. The highest BCUT2D eigenvalue weighted by molar-refractivity contribution is 9.10. The number of halogens is 1. The summed E-state index contributed by atoms with van der Waals surface area (Å²) in [5.74, 6) is 1.01. The molecule has 110 valence electrons. The average Bonchev–Trinajstić information content (AvgIpc) is 2.46. The number of thiocarbonyl (C=S) groups is 1. The smallest absolute Gasteiger partial charge is 0.249 e. The van der Waals surface area contributed by atoms with Crippen molar-refractivity contribution >= 4 is 33.1 Å². The lowest BCUT2D eigenvalue weighted by atomic mass is 10.0. The van der Waals surface area contributed by atoms with Crippen LogP contribution in [0, 0.1) is 0 Å². The van der Waals surface area contributed by atoms with Gasteiger partial charge in [0, 0.05) is 4.47 Å². The van der Waals surface area contributed by atoms with Crippen molar-refractivity contribution < 1.29 is 4.74 Å². The molecule has 0 unspecified atom stereocenters. The summed E-state index contributed by atoms with van der Waals surface area (Å²) in [5, 5.41) is 8.38. The number of nitrogens with two attached hydrogens (primary N) is 1. The number of rotatable bonds is 5. The first-order valence-corrected chi connectivity index (χ1v) is 7.88. The summed E-state index contributed by atoms with van der Waals surface area (Å²) in [6.07, 6.45) is 1.56. The Morgan fingerprint density at radius 1 is 1.29 bits per heavy atom. The van der Waals surface area contributed by atoms with Crippen LogP contribution in [0.1, 0.15) is 30.7 Å². The fraction of sp³-hybridized carbons (Fsp3) is 0.267. The Labute approximate surface area is 137 Å². The molecule has 0 atom stereocenters. The van der Waals surface area contributed by atoms with E-state index in [1.54, 1.807) is 0 Å². The molecule has 2 rings (SSSR count). The van der Waals surface area contributed by atoms with E-state index < -0.39 is 0 Å². The van der Waals surface area contributed by atoms with E-state index in [0.717, 1.165) is 28.6 Å². The van der Waals surface area contributed by atoms with Crippen LogP contribution in [0.15, 0.2) is 28.7 Å². The Kier molecular flexibility index (Phi) is 5.25. The molecule has 21 heavy (non-hydrogen) atoms. The van der Waals surface area contributed by atoms with E-state index in [1.165, 1.54) is 0 Å². The highest BCUT2D eigenvalue weighted by atomic mass is 79.9. The van der Waals surface area contributed by atoms with Crippen LogP contribution in [0.4, 0.5) is 0 Å². The van der Waals surface area contributed by atoms with E-state index in [9.17, 15) is 0 Å². The molecule has 0 saturated carbocycles. The van der Waals surface area contributed by atoms with Crippen LogP contribution >= 0.6 is 28.1 Å². The monoisotopic (exact) mass is 365 g/mol. The van der Waals surface area contributed by atoms with Crippen molar-refractivity contribution in [2.75, 3.05) is 0 Å². The third-order valence-electron chi connectivity index (χ3n) is 3.07. The van der Waals surface area contributed by atoms with Gasteiger partial charge in [-0.25, -0.2) is 0 Å². The van der Waals surface area contributed by atoms with Crippen LogP contribution in [0.3, 0.4) is 0 Å². The molecule has 0 saturated heterocycles. The number of ether oxygens (including phenoxy) is 1. The maximum absolute atomic E-state index is 5.87. The third-order valence-corrected chi connectivity index (χ3v) is 3.77. The minimum atomic E-state index is 0.279. The van der Waals surface area contributed by atoms with E-state index in [4.69, 9.17) is 22.7 Å². The zero-order valence-electron chi connectivity index (χ0n) is 11.9. The van der Waals surface area contributed by atoms with Crippen LogP contribution < -0.4 is 10.5 Å². The van der Waals surface area contributed by atoms with Crippen LogP contribution in [0.2, 0.25) is 0 Å². The Hall–Kier alpha value is -1.53. The summed E-state index contributed by atoms with van der Waals surface area (Å²) >= 11 is 8.58. The quantitative estimate of drug-likeness (QED) is 0.816. The Bertz CT molecular complexity index is 676. The predicted molar refractivity (Wildman–Crippen MR) is 90.9 cm³/mol. The summed E-state index contributed by atoms with van der Waals surface area (Å²) < 4.78 is 6.74. The van der Waals surface area contributed by atoms with Gasteiger partial charge in [-0.2, -0.15) is 5.10 Å². The molecule has 0 fully saturated rings. The number of hydrogen-bond donors (Lipinski definition) is 1. The normalized spacial score (nSPS) is 10.4.